The van der Waals surface area contributed by atoms with E-state index in [0.29, 0.717) is 17.1 Å². The van der Waals surface area contributed by atoms with Crippen molar-refractivity contribution in [3.63, 3.8) is 0 Å². The summed E-state index contributed by atoms with van der Waals surface area (Å²) in [4.78, 5) is 31.3. The fourth-order valence-electron chi connectivity index (χ4n) is 4.32. The summed E-state index contributed by atoms with van der Waals surface area (Å²) < 4.78 is 5.49. The van der Waals surface area contributed by atoms with Crippen LogP contribution in [0.5, 0.6) is 0 Å². The summed E-state index contributed by atoms with van der Waals surface area (Å²) in [6.45, 7) is 7.52. The second kappa shape index (κ2) is 9.83. The van der Waals surface area contributed by atoms with E-state index < -0.39 is 0 Å². The Morgan fingerprint density at radius 3 is 2.48 bits per heavy atom. The van der Waals surface area contributed by atoms with E-state index in [0.717, 1.165) is 57.4 Å². The molecule has 1 aliphatic carbocycles. The van der Waals surface area contributed by atoms with Crippen molar-refractivity contribution in [1.82, 2.24) is 4.90 Å². The van der Waals surface area contributed by atoms with E-state index in [9.17, 15) is 9.59 Å². The molecular weight excluding hydrogens is 410 g/mol. The van der Waals surface area contributed by atoms with E-state index in [2.05, 4.69) is 39.4 Å². The highest BCUT2D eigenvalue weighted by atomic mass is 32.1. The molecule has 1 saturated heterocycles. The van der Waals surface area contributed by atoms with Crippen LogP contribution in [-0.2, 0) is 22.4 Å². The van der Waals surface area contributed by atoms with Crippen molar-refractivity contribution in [2.45, 2.75) is 45.6 Å². The number of esters is 1. The fraction of sp³-hybridized carbons (Fsp3) is 0.500. The first-order chi connectivity index (χ1) is 15.0. The molecule has 2 aromatic rings. The quantitative estimate of drug-likeness (QED) is 0.688. The van der Waals surface area contributed by atoms with Crippen LogP contribution in [0.4, 0.5) is 10.7 Å². The first-order valence-electron chi connectivity index (χ1n) is 11.2. The lowest BCUT2D eigenvalue weighted by molar-refractivity contribution is -0.117. The van der Waals surface area contributed by atoms with Crippen LogP contribution in [0.2, 0.25) is 0 Å². The van der Waals surface area contributed by atoms with Gasteiger partial charge in [-0.15, -0.1) is 11.3 Å². The molecule has 0 unspecified atom stereocenters. The number of fused-ring (bicyclic) bond motifs is 1. The molecule has 166 valence electrons. The van der Waals surface area contributed by atoms with E-state index in [1.54, 1.807) is 11.3 Å². The van der Waals surface area contributed by atoms with Crippen LogP contribution in [-0.4, -0.2) is 55.6 Å². The summed E-state index contributed by atoms with van der Waals surface area (Å²) >= 11 is 1.55. The number of hydrogen-bond acceptors (Lipinski definition) is 6. The second-order valence-electron chi connectivity index (χ2n) is 8.52. The molecule has 0 atom stereocenters. The lowest BCUT2D eigenvalue weighted by atomic mass is 9.95. The van der Waals surface area contributed by atoms with Gasteiger partial charge < -0.3 is 15.0 Å². The number of piperazine rings is 1. The highest BCUT2D eigenvalue weighted by Gasteiger charge is 2.28. The van der Waals surface area contributed by atoms with E-state index in [1.165, 1.54) is 10.6 Å². The number of carbonyl (C=O) groups is 2. The minimum absolute atomic E-state index is 0.0645. The maximum absolute atomic E-state index is 12.8. The lowest BCUT2D eigenvalue weighted by Gasteiger charge is -2.35. The summed E-state index contributed by atoms with van der Waals surface area (Å²) in [5, 5.41) is 3.69. The van der Waals surface area contributed by atoms with Gasteiger partial charge in [0.05, 0.1) is 18.2 Å². The van der Waals surface area contributed by atoms with Crippen molar-refractivity contribution >= 4 is 33.9 Å². The molecule has 31 heavy (non-hydrogen) atoms. The second-order valence-corrected chi connectivity index (χ2v) is 9.62. The molecule has 0 radical (unpaired) electrons. The molecule has 2 heterocycles. The van der Waals surface area contributed by atoms with Crippen LogP contribution in [0.25, 0.3) is 0 Å². The number of benzene rings is 1. The van der Waals surface area contributed by atoms with Crippen molar-refractivity contribution in [3.8, 4) is 0 Å². The Labute approximate surface area is 188 Å². The third-order valence-corrected chi connectivity index (χ3v) is 7.04. The number of anilines is 2. The third kappa shape index (κ3) is 5.28. The molecule has 1 amide bonds. The van der Waals surface area contributed by atoms with Gasteiger partial charge in [0.1, 0.15) is 5.00 Å². The van der Waals surface area contributed by atoms with Gasteiger partial charge in [-0.25, -0.2) is 4.79 Å². The van der Waals surface area contributed by atoms with Crippen LogP contribution in [0.15, 0.2) is 30.3 Å². The van der Waals surface area contributed by atoms with E-state index in [-0.39, 0.29) is 18.0 Å². The molecule has 0 saturated carbocycles. The summed E-state index contributed by atoms with van der Waals surface area (Å²) in [6, 6.07) is 10.4. The van der Waals surface area contributed by atoms with Gasteiger partial charge in [-0.2, -0.15) is 0 Å². The van der Waals surface area contributed by atoms with Gasteiger partial charge in [0.25, 0.3) is 0 Å². The molecule has 1 fully saturated rings. The number of carbonyl (C=O) groups excluding carboxylic acids is 2. The summed E-state index contributed by atoms with van der Waals surface area (Å²) in [5.41, 5.74) is 2.88. The van der Waals surface area contributed by atoms with Gasteiger partial charge in [-0.3, -0.25) is 9.69 Å². The number of hydrogen-bond donors (Lipinski definition) is 1. The van der Waals surface area contributed by atoms with Gasteiger partial charge in [0, 0.05) is 36.7 Å². The normalized spacial score (nSPS) is 16.8. The van der Waals surface area contributed by atoms with Crippen molar-refractivity contribution in [2.24, 2.45) is 0 Å². The molecule has 4 rings (SSSR count). The van der Waals surface area contributed by atoms with Crippen molar-refractivity contribution in [2.75, 3.05) is 42.9 Å². The first-order valence-corrected chi connectivity index (χ1v) is 12.0. The number of thiophene rings is 1. The average Bonchev–Trinajstić information content (AvgIpc) is 3.12. The number of rotatable bonds is 6. The number of aryl methyl sites for hydroxylation is 1. The van der Waals surface area contributed by atoms with Gasteiger partial charge in [-0.1, -0.05) is 18.2 Å². The van der Waals surface area contributed by atoms with Gasteiger partial charge in [0.2, 0.25) is 5.91 Å². The van der Waals surface area contributed by atoms with Crippen LogP contribution < -0.4 is 10.2 Å². The Morgan fingerprint density at radius 1 is 1.06 bits per heavy atom. The van der Waals surface area contributed by atoms with Gasteiger partial charge in [-0.05, 0) is 57.2 Å². The minimum atomic E-state index is -0.318. The maximum atomic E-state index is 12.8. The predicted octanol–water partition coefficient (Wildman–Crippen LogP) is 3.95. The third-order valence-electron chi connectivity index (χ3n) is 5.83. The molecule has 1 aliphatic heterocycles. The Hall–Kier alpha value is -2.38. The molecule has 7 heteroatoms. The predicted molar refractivity (Wildman–Crippen MR) is 125 cm³/mol. The zero-order chi connectivity index (χ0) is 21.8. The Bertz CT molecular complexity index is 918. The molecular formula is C24H31N3O3S. The highest BCUT2D eigenvalue weighted by molar-refractivity contribution is 7.17. The van der Waals surface area contributed by atoms with Crippen LogP contribution in [0.3, 0.4) is 0 Å². The fourth-order valence-corrected chi connectivity index (χ4v) is 5.61. The minimum Gasteiger partial charge on any atom is -0.459 e. The smallest absolute Gasteiger partial charge is 0.341 e. The molecule has 2 aliphatic rings. The van der Waals surface area contributed by atoms with E-state index in [1.807, 2.05) is 19.9 Å². The lowest BCUT2D eigenvalue weighted by Crippen LogP contribution is -2.48. The Morgan fingerprint density at radius 2 is 1.77 bits per heavy atom. The number of amides is 1. The number of ether oxygens (including phenoxy) is 1. The highest BCUT2D eigenvalue weighted by Crippen LogP contribution is 2.38. The average molecular weight is 442 g/mol. The van der Waals surface area contributed by atoms with Crippen molar-refractivity contribution in [1.29, 1.82) is 0 Å². The summed E-state index contributed by atoms with van der Waals surface area (Å²) in [5.74, 6) is -0.383. The molecule has 0 spiro atoms. The summed E-state index contributed by atoms with van der Waals surface area (Å²) in [6.07, 6.45) is 3.87. The molecule has 1 aromatic carbocycles. The standard InChI is InChI=1S/C24H31N3O3S/c1-17(2)30-24(29)22-19-10-6-7-11-20(19)31-23(22)25-21(28)16-26-12-14-27(15-13-26)18-8-4-3-5-9-18/h3-5,8-9,17H,6-7,10-16H2,1-2H3,(H,25,28). The van der Waals surface area contributed by atoms with Crippen LogP contribution >= 0.6 is 11.3 Å². The molecule has 1 N–H and O–H groups in total. The Balaban J connectivity index is 1.39. The van der Waals surface area contributed by atoms with Crippen LogP contribution in [0.1, 0.15) is 47.5 Å². The van der Waals surface area contributed by atoms with Gasteiger partial charge in [0.15, 0.2) is 0 Å². The zero-order valence-corrected chi connectivity index (χ0v) is 19.2. The zero-order valence-electron chi connectivity index (χ0n) is 18.4. The molecule has 1 aromatic heterocycles. The summed E-state index contributed by atoms with van der Waals surface area (Å²) in [7, 11) is 0. The largest absolute Gasteiger partial charge is 0.459 e. The topological polar surface area (TPSA) is 61.9 Å². The van der Waals surface area contributed by atoms with Crippen molar-refractivity contribution < 1.29 is 14.3 Å². The van der Waals surface area contributed by atoms with Crippen molar-refractivity contribution in [3.05, 3.63) is 46.3 Å². The van der Waals surface area contributed by atoms with Crippen LogP contribution in [0, 0.1) is 0 Å². The van der Waals surface area contributed by atoms with Gasteiger partial charge >= 0.3 is 5.97 Å². The Kier molecular flexibility index (Phi) is 6.92. The molecule has 6 nitrogen and oxygen atoms in total. The monoisotopic (exact) mass is 441 g/mol. The number of para-hydroxylation sites is 1. The SMILES string of the molecule is CC(C)OC(=O)c1c(NC(=O)CN2CCN(c3ccccc3)CC2)sc2c1CCCC2. The number of nitrogens with one attached hydrogen (secondary N) is 1. The maximum Gasteiger partial charge on any atom is 0.341 e. The number of nitrogens with zero attached hydrogens (tertiary/aromatic N) is 2. The van der Waals surface area contributed by atoms with E-state index >= 15 is 0 Å². The van der Waals surface area contributed by atoms with E-state index in [4.69, 9.17) is 4.74 Å². The molecule has 0 bridgehead atoms. The first kappa shape index (κ1) is 21.8.